The molecule has 2 aromatic rings. The molecule has 2 amide bonds. The summed E-state index contributed by atoms with van der Waals surface area (Å²) in [6.45, 7) is 0.634. The molecule has 2 N–H and O–H groups in total. The van der Waals surface area contributed by atoms with Gasteiger partial charge in [0.05, 0.1) is 6.26 Å². The highest BCUT2D eigenvalue weighted by Crippen LogP contribution is 2.22. The Balaban J connectivity index is 1.68. The first-order chi connectivity index (χ1) is 12.7. The molecule has 0 unspecified atom stereocenters. The molecule has 1 aliphatic carbocycles. The minimum absolute atomic E-state index is 0.185. The van der Waals surface area contributed by atoms with Crippen LogP contribution in [0.4, 0.5) is 0 Å². The molecule has 0 aliphatic heterocycles. The molecule has 1 aromatic carbocycles. The maximum absolute atomic E-state index is 12.6. The number of hydrogen-bond acceptors (Lipinski definition) is 3. The van der Waals surface area contributed by atoms with Gasteiger partial charge in [0, 0.05) is 18.2 Å². The molecular formula is C21H24N2O3. The van der Waals surface area contributed by atoms with Gasteiger partial charge >= 0.3 is 0 Å². The maximum atomic E-state index is 12.6. The van der Waals surface area contributed by atoms with Crippen LogP contribution in [-0.2, 0) is 4.79 Å². The van der Waals surface area contributed by atoms with Crippen LogP contribution < -0.4 is 10.6 Å². The highest BCUT2D eigenvalue weighted by Gasteiger charge is 2.18. The van der Waals surface area contributed by atoms with E-state index >= 15 is 0 Å². The molecule has 5 nitrogen and oxygen atoms in total. The topological polar surface area (TPSA) is 71.3 Å². The number of hydrogen-bond donors (Lipinski definition) is 2. The van der Waals surface area contributed by atoms with Crippen LogP contribution in [0.1, 0.15) is 48.2 Å². The summed E-state index contributed by atoms with van der Waals surface area (Å²) in [6, 6.07) is 12.3. The lowest BCUT2D eigenvalue weighted by atomic mass is 9.89. The smallest absolute Gasteiger partial charge is 0.267 e. The Hall–Kier alpha value is -2.82. The van der Waals surface area contributed by atoms with Crippen molar-refractivity contribution in [3.63, 3.8) is 0 Å². The first kappa shape index (κ1) is 18.0. The lowest BCUT2D eigenvalue weighted by Crippen LogP contribution is -2.37. The summed E-state index contributed by atoms with van der Waals surface area (Å²) in [4.78, 5) is 25.1. The number of benzene rings is 1. The van der Waals surface area contributed by atoms with Crippen LogP contribution in [0.3, 0.4) is 0 Å². The molecule has 1 fully saturated rings. The summed E-state index contributed by atoms with van der Waals surface area (Å²) in [6.07, 6.45) is 9.10. The summed E-state index contributed by atoms with van der Waals surface area (Å²) in [7, 11) is 0. The largest absolute Gasteiger partial charge is 0.465 e. The Morgan fingerprint density at radius 1 is 1.04 bits per heavy atom. The predicted molar refractivity (Wildman–Crippen MR) is 100 cm³/mol. The number of amides is 2. The highest BCUT2D eigenvalue weighted by atomic mass is 16.3. The molecular weight excluding hydrogens is 328 g/mol. The van der Waals surface area contributed by atoms with Gasteiger partial charge in [-0.15, -0.1) is 0 Å². The van der Waals surface area contributed by atoms with E-state index in [-0.39, 0.29) is 17.5 Å². The summed E-state index contributed by atoms with van der Waals surface area (Å²) in [5.74, 6) is 0.413. The van der Waals surface area contributed by atoms with Crippen LogP contribution in [0.2, 0.25) is 0 Å². The Kier molecular flexibility index (Phi) is 6.25. The lowest BCUT2D eigenvalue weighted by molar-refractivity contribution is -0.118. The highest BCUT2D eigenvalue weighted by molar-refractivity contribution is 6.05. The molecule has 3 rings (SSSR count). The third kappa shape index (κ3) is 5.09. The molecule has 0 radical (unpaired) electrons. The van der Waals surface area contributed by atoms with Crippen molar-refractivity contribution in [1.29, 1.82) is 0 Å². The van der Waals surface area contributed by atoms with Gasteiger partial charge in [-0.3, -0.25) is 9.59 Å². The predicted octanol–water partition coefficient (Wildman–Crippen LogP) is 3.75. The molecule has 1 saturated carbocycles. The van der Waals surface area contributed by atoms with E-state index in [0.29, 0.717) is 23.8 Å². The van der Waals surface area contributed by atoms with Crippen LogP contribution >= 0.6 is 0 Å². The second kappa shape index (κ2) is 9.04. The van der Waals surface area contributed by atoms with E-state index in [1.54, 1.807) is 42.5 Å². The van der Waals surface area contributed by atoms with Crippen LogP contribution in [0, 0.1) is 5.92 Å². The maximum Gasteiger partial charge on any atom is 0.267 e. The molecule has 1 aromatic heterocycles. The third-order valence-corrected chi connectivity index (χ3v) is 4.63. The molecule has 0 spiro atoms. The van der Waals surface area contributed by atoms with Crippen LogP contribution in [-0.4, -0.2) is 18.4 Å². The monoisotopic (exact) mass is 352 g/mol. The van der Waals surface area contributed by atoms with Crippen molar-refractivity contribution in [3.8, 4) is 0 Å². The number of furan rings is 1. The molecule has 26 heavy (non-hydrogen) atoms. The van der Waals surface area contributed by atoms with Crippen LogP contribution in [0.15, 0.2) is 58.8 Å². The second-order valence-electron chi connectivity index (χ2n) is 6.61. The van der Waals surface area contributed by atoms with Gasteiger partial charge in [0.2, 0.25) is 0 Å². The van der Waals surface area contributed by atoms with E-state index in [4.69, 9.17) is 4.42 Å². The number of rotatable bonds is 6. The number of carbonyl (C=O) groups is 2. The van der Waals surface area contributed by atoms with E-state index in [9.17, 15) is 9.59 Å². The van der Waals surface area contributed by atoms with E-state index in [1.165, 1.54) is 25.5 Å². The van der Waals surface area contributed by atoms with Crippen molar-refractivity contribution in [3.05, 3.63) is 65.7 Å². The first-order valence-electron chi connectivity index (χ1n) is 9.12. The van der Waals surface area contributed by atoms with Crippen molar-refractivity contribution >= 4 is 17.9 Å². The van der Waals surface area contributed by atoms with E-state index in [1.807, 2.05) is 6.07 Å². The average Bonchev–Trinajstić information content (AvgIpc) is 3.20. The van der Waals surface area contributed by atoms with Gasteiger partial charge < -0.3 is 15.1 Å². The SMILES string of the molecule is O=C(NCC1CCCCC1)/C(=C/c1ccco1)NC(=O)c1ccccc1. The van der Waals surface area contributed by atoms with E-state index in [0.717, 1.165) is 12.8 Å². The number of nitrogens with one attached hydrogen (secondary N) is 2. The zero-order valence-corrected chi connectivity index (χ0v) is 14.7. The van der Waals surface area contributed by atoms with Crippen LogP contribution in [0.5, 0.6) is 0 Å². The average molecular weight is 352 g/mol. The van der Waals surface area contributed by atoms with E-state index in [2.05, 4.69) is 10.6 Å². The van der Waals surface area contributed by atoms with Crippen molar-refractivity contribution < 1.29 is 14.0 Å². The molecule has 136 valence electrons. The zero-order valence-electron chi connectivity index (χ0n) is 14.7. The van der Waals surface area contributed by atoms with Gasteiger partial charge in [-0.2, -0.15) is 0 Å². The van der Waals surface area contributed by atoms with Gasteiger partial charge in [0.25, 0.3) is 11.8 Å². The second-order valence-corrected chi connectivity index (χ2v) is 6.61. The molecule has 0 atom stereocenters. The molecule has 0 saturated heterocycles. The van der Waals surface area contributed by atoms with Crippen molar-refractivity contribution in [2.24, 2.45) is 5.92 Å². The Morgan fingerprint density at radius 2 is 1.81 bits per heavy atom. The fourth-order valence-corrected chi connectivity index (χ4v) is 3.18. The van der Waals surface area contributed by atoms with Gasteiger partial charge in [-0.05, 0) is 43.0 Å². The zero-order chi connectivity index (χ0) is 18.2. The minimum Gasteiger partial charge on any atom is -0.465 e. The third-order valence-electron chi connectivity index (χ3n) is 4.63. The Morgan fingerprint density at radius 3 is 2.50 bits per heavy atom. The molecule has 1 aliphatic rings. The summed E-state index contributed by atoms with van der Waals surface area (Å²) < 4.78 is 5.29. The molecule has 1 heterocycles. The Bertz CT molecular complexity index is 745. The summed E-state index contributed by atoms with van der Waals surface area (Å²) in [5.41, 5.74) is 0.683. The van der Waals surface area contributed by atoms with Gasteiger partial charge in [-0.1, -0.05) is 37.5 Å². The summed E-state index contributed by atoms with van der Waals surface area (Å²) >= 11 is 0. The fourth-order valence-electron chi connectivity index (χ4n) is 3.18. The molecule has 0 bridgehead atoms. The summed E-state index contributed by atoms with van der Waals surface area (Å²) in [5, 5.41) is 5.67. The Labute approximate surface area is 153 Å². The minimum atomic E-state index is -0.323. The van der Waals surface area contributed by atoms with Crippen molar-refractivity contribution in [2.45, 2.75) is 32.1 Å². The van der Waals surface area contributed by atoms with Crippen molar-refractivity contribution in [1.82, 2.24) is 10.6 Å². The normalized spacial score (nSPS) is 15.5. The fraction of sp³-hybridized carbons (Fsp3) is 0.333. The quantitative estimate of drug-likeness (QED) is 0.778. The first-order valence-corrected chi connectivity index (χ1v) is 9.12. The van der Waals surface area contributed by atoms with Gasteiger partial charge in [0.1, 0.15) is 11.5 Å². The van der Waals surface area contributed by atoms with Crippen LogP contribution in [0.25, 0.3) is 6.08 Å². The standard InChI is InChI=1S/C21H24N2O3/c24-20(17-10-5-2-6-11-17)23-19(14-18-12-7-13-26-18)21(25)22-15-16-8-3-1-4-9-16/h2,5-7,10-14,16H,1,3-4,8-9,15H2,(H,22,25)(H,23,24)/b19-14-. The van der Waals surface area contributed by atoms with Crippen molar-refractivity contribution in [2.75, 3.05) is 6.54 Å². The van der Waals surface area contributed by atoms with E-state index < -0.39 is 0 Å². The molecule has 5 heteroatoms. The van der Waals surface area contributed by atoms with Gasteiger partial charge in [-0.25, -0.2) is 0 Å². The van der Waals surface area contributed by atoms with Gasteiger partial charge in [0.15, 0.2) is 0 Å². The number of carbonyl (C=O) groups excluding carboxylic acids is 2. The lowest BCUT2D eigenvalue weighted by Gasteiger charge is -2.22.